The number of nitrogens with one attached hydrogen (secondary N) is 3. The molecule has 7 aliphatic rings. The molecule has 0 aromatic carbocycles. The van der Waals surface area contributed by atoms with E-state index < -0.39 is 192 Å². The van der Waals surface area contributed by atoms with Gasteiger partial charge < -0.3 is 69.5 Å². The Balaban J connectivity index is 1.35. The van der Waals surface area contributed by atoms with Crippen LogP contribution in [0.2, 0.25) is 0 Å². The summed E-state index contributed by atoms with van der Waals surface area (Å²) in [7, 11) is 11.4. The molecule has 0 aromatic heterocycles. The summed E-state index contributed by atoms with van der Waals surface area (Å²) in [4.78, 5) is 195. The molecule has 3 N–H and O–H groups in total. The molecule has 3 heterocycles. The number of halogens is 3. The van der Waals surface area contributed by atoms with E-state index in [1.54, 1.807) is 19.9 Å². The van der Waals surface area contributed by atoms with Crippen molar-refractivity contribution in [3.05, 3.63) is 24.8 Å². The second kappa shape index (κ2) is 38.8. The van der Waals surface area contributed by atoms with Crippen LogP contribution in [-0.4, -0.2) is 283 Å². The zero-order valence-corrected chi connectivity index (χ0v) is 67.9. The van der Waals surface area contributed by atoms with E-state index in [0.717, 1.165) is 38.5 Å². The molecule has 3 unspecified atom stereocenters. The molecule has 0 aromatic rings. The van der Waals surface area contributed by atoms with Gasteiger partial charge in [-0.05, 0) is 131 Å². The number of hydrogen-bond donors (Lipinski definition) is 3. The van der Waals surface area contributed by atoms with Gasteiger partial charge in [-0.3, -0.25) is 57.5 Å². The summed E-state index contributed by atoms with van der Waals surface area (Å²) in [6.45, 7) is 17.7. The molecule has 109 heavy (non-hydrogen) atoms. The summed E-state index contributed by atoms with van der Waals surface area (Å²) in [6, 6.07) is -10.3. The predicted octanol–water partition coefficient (Wildman–Crippen LogP) is 6.73. The number of carbonyl (C=O) groups excluding carboxylic acids is 12. The second-order valence-corrected chi connectivity index (χ2v) is 34.2. The van der Waals surface area contributed by atoms with E-state index in [9.17, 15) is 27.6 Å². The van der Waals surface area contributed by atoms with E-state index in [0.29, 0.717) is 31.6 Å². The van der Waals surface area contributed by atoms with Crippen LogP contribution >= 0.6 is 0 Å². The molecular formula is C80H129F3N12O14. The minimum Gasteiger partial charge on any atom is -0.381 e. The first-order valence-corrected chi connectivity index (χ1v) is 40.0. The Morgan fingerprint density at radius 3 is 1.96 bits per heavy atom. The Morgan fingerprint density at radius 2 is 1.38 bits per heavy atom. The van der Waals surface area contributed by atoms with E-state index in [1.807, 2.05) is 40.7 Å². The topological polar surface area (TPSA) is 289 Å². The Hall–Kier alpha value is -7.17. The van der Waals surface area contributed by atoms with Crippen molar-refractivity contribution in [2.45, 2.75) is 269 Å². The number of likely N-dealkylation sites (N-methyl/N-ethyl adjacent to an activating group) is 6. The van der Waals surface area contributed by atoms with Gasteiger partial charge in [0.1, 0.15) is 60.4 Å². The van der Waals surface area contributed by atoms with Crippen molar-refractivity contribution in [3.8, 4) is 0 Å². The third-order valence-electron chi connectivity index (χ3n) is 24.7. The highest BCUT2D eigenvalue weighted by Gasteiger charge is 2.60. The Morgan fingerprint density at radius 1 is 0.725 bits per heavy atom. The lowest BCUT2D eigenvalue weighted by Crippen LogP contribution is -2.71. The first-order valence-electron chi connectivity index (χ1n) is 40.0. The average Bonchev–Trinajstić information content (AvgIpc) is 1.43. The Bertz CT molecular complexity index is 3260. The monoisotopic (exact) mass is 1540 g/mol. The first kappa shape index (κ1) is 89.0. The zero-order chi connectivity index (χ0) is 80.9. The van der Waals surface area contributed by atoms with Crippen molar-refractivity contribution >= 4 is 70.9 Å². The van der Waals surface area contributed by atoms with Crippen LogP contribution in [-0.2, 0) is 67.0 Å². The third-order valence-corrected chi connectivity index (χ3v) is 24.7. The summed E-state index contributed by atoms with van der Waals surface area (Å²) < 4.78 is 54.7. The highest BCUT2D eigenvalue weighted by Crippen LogP contribution is 2.50. The fourth-order valence-corrected chi connectivity index (χ4v) is 18.2. The van der Waals surface area contributed by atoms with Gasteiger partial charge in [0.25, 0.3) is 0 Å². The number of amides is 12. The molecule has 6 fully saturated rings. The quantitative estimate of drug-likeness (QED) is 0.135. The Labute approximate surface area is 644 Å². The van der Waals surface area contributed by atoms with E-state index >= 15 is 43.2 Å². The summed E-state index contributed by atoms with van der Waals surface area (Å²) in [5.41, 5.74) is -2.19. The fourth-order valence-electron chi connectivity index (χ4n) is 18.2. The minimum atomic E-state index is -4.53. The van der Waals surface area contributed by atoms with Gasteiger partial charge in [0, 0.05) is 89.1 Å². The van der Waals surface area contributed by atoms with Gasteiger partial charge in [-0.2, -0.15) is 13.2 Å². The van der Waals surface area contributed by atoms with E-state index in [2.05, 4.69) is 29.5 Å². The summed E-state index contributed by atoms with van der Waals surface area (Å²) in [6.07, 6.45) is 5.00. The number of rotatable bonds is 16. The third kappa shape index (κ3) is 22.2. The molecular weight excluding hydrogens is 1410 g/mol. The molecule has 1 spiro atoms. The maximum atomic E-state index is 15.9. The first-order chi connectivity index (χ1) is 51.2. The normalized spacial score (nSPS) is 31.4. The molecule has 4 aliphatic carbocycles. The number of hydrogen-bond acceptors (Lipinski definition) is 14. The van der Waals surface area contributed by atoms with Gasteiger partial charge in [0.05, 0.1) is 31.1 Å². The molecule has 12 amide bonds. The van der Waals surface area contributed by atoms with Crippen molar-refractivity contribution in [2.75, 3.05) is 95.8 Å². The molecule has 13 atom stereocenters. The van der Waals surface area contributed by atoms with Gasteiger partial charge in [-0.1, -0.05) is 112 Å². The molecule has 26 nitrogen and oxygen atoms in total. The lowest BCUT2D eigenvalue weighted by molar-refractivity contribution is -0.215. The standard InChI is InChI=1S/C80H129F3N12O14/c1-18-37-93-46-66(98)89(13)58-28-22-21-25-38-94(74(58)104)62(40-52-31-29-50(6)30-32-52)73(103)88(12)45-64(96)84-57(36-34-53-33-35-56(80(81,82)83)63(41-53)108-17)71(101)95-44-55(109-20-3)42-60(95)70(100)86-79(47-78(8,9)48-79)77(107)92(16)68(54-26-23-24-27-54)76(106)91(15)61(72(102)87(10)11)43-65(97)90(14)59(39-49(4)5)69(99)85-67(75(93)105)51(7)19-2/h18,21-22,49-63,67-68H,1,19-20,23-48H2,2-17H3,(H,84,96)(H,85,99)(H,86,100)/b22-21-/t50?,51-,52?,53?,55+,56?,57-,58-,59-,60-,61-,62-,63?,67-,68-/m0/s1. The van der Waals surface area contributed by atoms with Crippen LogP contribution in [0.3, 0.4) is 0 Å². The molecule has 2 bridgehead atoms. The van der Waals surface area contributed by atoms with Crippen LogP contribution in [0.15, 0.2) is 24.8 Å². The molecule has 2 saturated heterocycles. The predicted molar refractivity (Wildman–Crippen MR) is 405 cm³/mol. The number of ether oxygens (including phenoxy) is 2. The summed E-state index contributed by atoms with van der Waals surface area (Å²) in [5, 5.41) is 8.94. The minimum absolute atomic E-state index is 0.00752. The van der Waals surface area contributed by atoms with Crippen molar-refractivity contribution in [2.24, 2.45) is 46.8 Å². The number of alkyl halides is 3. The second-order valence-electron chi connectivity index (χ2n) is 34.2. The lowest BCUT2D eigenvalue weighted by atomic mass is 9.58. The van der Waals surface area contributed by atoms with E-state index in [-0.39, 0.29) is 109 Å². The lowest BCUT2D eigenvalue weighted by Gasteiger charge is -2.54. The number of nitrogens with zero attached hydrogens (tertiary/aromatic N) is 9. The largest absolute Gasteiger partial charge is 0.394 e. The molecule has 614 valence electrons. The smallest absolute Gasteiger partial charge is 0.381 e. The van der Waals surface area contributed by atoms with Gasteiger partial charge in [-0.25, -0.2) is 0 Å². The molecule has 29 heteroatoms. The van der Waals surface area contributed by atoms with Gasteiger partial charge in [-0.15, -0.1) is 6.58 Å². The molecule has 3 aliphatic heterocycles. The van der Waals surface area contributed by atoms with E-state index in [1.165, 1.54) is 107 Å². The van der Waals surface area contributed by atoms with Crippen LogP contribution in [0, 0.1) is 46.8 Å². The van der Waals surface area contributed by atoms with Gasteiger partial charge >= 0.3 is 6.18 Å². The molecule has 7 rings (SSSR count). The van der Waals surface area contributed by atoms with Gasteiger partial charge in [0.2, 0.25) is 70.9 Å². The van der Waals surface area contributed by atoms with Gasteiger partial charge in [0.15, 0.2) is 0 Å². The van der Waals surface area contributed by atoms with E-state index in [4.69, 9.17) is 9.47 Å². The van der Waals surface area contributed by atoms with Crippen LogP contribution in [0.5, 0.6) is 0 Å². The van der Waals surface area contributed by atoms with Crippen molar-refractivity contribution < 1.29 is 80.2 Å². The number of methoxy groups -OCH3 is 1. The van der Waals surface area contributed by atoms with Crippen molar-refractivity contribution in [1.29, 1.82) is 0 Å². The van der Waals surface area contributed by atoms with Crippen LogP contribution in [0.1, 0.15) is 197 Å². The molecule has 0 radical (unpaired) electrons. The maximum absolute atomic E-state index is 15.9. The van der Waals surface area contributed by atoms with Crippen LogP contribution < -0.4 is 16.0 Å². The number of fused-ring (bicyclic) bond motifs is 3. The molecule has 4 saturated carbocycles. The zero-order valence-electron chi connectivity index (χ0n) is 67.9. The highest BCUT2D eigenvalue weighted by molar-refractivity contribution is 6.01. The van der Waals surface area contributed by atoms with Crippen LogP contribution in [0.25, 0.3) is 0 Å². The van der Waals surface area contributed by atoms with Crippen LogP contribution in [0.4, 0.5) is 13.2 Å². The maximum Gasteiger partial charge on any atom is 0.394 e. The Kier molecular flexibility index (Phi) is 31.7. The summed E-state index contributed by atoms with van der Waals surface area (Å²) in [5.74, 6) is -10.8. The highest BCUT2D eigenvalue weighted by atomic mass is 19.4. The van der Waals surface area contributed by atoms with Crippen molar-refractivity contribution in [3.63, 3.8) is 0 Å². The van der Waals surface area contributed by atoms with Crippen molar-refractivity contribution in [1.82, 2.24) is 60.0 Å². The number of carbonyl (C=O) groups is 12. The summed E-state index contributed by atoms with van der Waals surface area (Å²) >= 11 is 0. The fraction of sp³-hybridized carbons (Fsp3) is 0.800. The average molecular weight is 1540 g/mol. The SMILES string of the molecule is C=CCN1CC(=O)N(C)[C@H]2C/C=C\CCN(C2=O)[C@@H](CC2CCC(C)CC2)C(=O)N(C)CC(=O)N[C@@H](CCC2CCC(C(F)(F)F)C(OC)C2)C(=O)N2C[C@H](OCC)C[C@H]2C(=O)NC2(CC(C)(C)C2)C(=O)N(C)[C@@H](C2CCCC2)C(=O)N(C)[C@H](C(=O)N(C)C)CC(=O)N(C)[C@@H](CC(C)C)C(=O)N[C@@H]([C@@H](C)CC)C1=O.